The minimum Gasteiger partial charge on any atom is -0.432 e. The van der Waals surface area contributed by atoms with Crippen molar-refractivity contribution in [2.75, 3.05) is 5.75 Å². The van der Waals surface area contributed by atoms with Crippen LogP contribution in [0.1, 0.15) is 27.2 Å². The molecule has 0 amide bonds. The van der Waals surface area contributed by atoms with Crippen molar-refractivity contribution >= 4 is 22.8 Å². The van der Waals surface area contributed by atoms with Crippen molar-refractivity contribution in [2.45, 2.75) is 39.1 Å². The van der Waals surface area contributed by atoms with Crippen LogP contribution in [0.5, 0.6) is 0 Å². The summed E-state index contributed by atoms with van der Waals surface area (Å²) < 4.78 is 10.2. The lowest BCUT2D eigenvalue weighted by Crippen LogP contribution is -2.22. The van der Waals surface area contributed by atoms with Crippen LogP contribution < -0.4 is 0 Å². The molecule has 1 saturated heterocycles. The smallest absolute Gasteiger partial charge is 0.338 e. The molecule has 1 fully saturated rings. The van der Waals surface area contributed by atoms with Crippen LogP contribution in [0.15, 0.2) is 0 Å². The van der Waals surface area contributed by atoms with Crippen LogP contribution in [0.25, 0.3) is 0 Å². The normalized spacial score (nSPS) is 24.8. The Bertz CT molecular complexity index is 249. The first kappa shape index (κ1) is 11.5. The zero-order chi connectivity index (χ0) is 10.8. The van der Waals surface area contributed by atoms with Gasteiger partial charge in [0, 0.05) is 13.8 Å². The Labute approximate surface area is 87.3 Å². The summed E-state index contributed by atoms with van der Waals surface area (Å²) in [6.07, 6.45) is -0.627. The lowest BCUT2D eigenvalue weighted by atomic mass is 10.3. The van der Waals surface area contributed by atoms with E-state index in [0.29, 0.717) is 5.75 Å². The van der Waals surface area contributed by atoms with E-state index in [1.807, 2.05) is 6.92 Å². The Hall–Kier alpha value is -0.550. The molecular formula is C9H14O4S. The third-order valence-electron chi connectivity index (χ3n) is 1.69. The van der Waals surface area contributed by atoms with E-state index in [-0.39, 0.29) is 11.5 Å². The van der Waals surface area contributed by atoms with Gasteiger partial charge in [-0.3, -0.25) is 4.79 Å². The third-order valence-corrected chi connectivity index (χ3v) is 2.47. The van der Waals surface area contributed by atoms with Crippen LogP contribution in [-0.2, 0) is 19.1 Å². The van der Waals surface area contributed by atoms with Gasteiger partial charge >= 0.3 is 5.97 Å². The molecule has 0 aliphatic carbocycles. The topological polar surface area (TPSA) is 52.6 Å². The van der Waals surface area contributed by atoms with E-state index < -0.39 is 17.9 Å². The number of esters is 1. The van der Waals surface area contributed by atoms with Gasteiger partial charge in [-0.25, -0.2) is 4.79 Å². The van der Waals surface area contributed by atoms with Crippen molar-refractivity contribution in [1.82, 2.24) is 0 Å². The fourth-order valence-corrected chi connectivity index (χ4v) is 1.81. The van der Waals surface area contributed by atoms with E-state index in [2.05, 4.69) is 0 Å². The first-order valence-corrected chi connectivity index (χ1v) is 5.49. The molecule has 0 bridgehead atoms. The average molecular weight is 218 g/mol. The first-order chi connectivity index (χ1) is 6.44. The quantitative estimate of drug-likeness (QED) is 0.669. The largest absolute Gasteiger partial charge is 0.432 e. The number of carbonyl (C=O) groups is 2. The summed E-state index contributed by atoms with van der Waals surface area (Å²) in [7, 11) is 0. The summed E-state index contributed by atoms with van der Waals surface area (Å²) in [5.74, 6) is -0.622. The van der Waals surface area contributed by atoms with E-state index in [9.17, 15) is 9.59 Å². The number of hydrogen-bond donors (Lipinski definition) is 0. The third kappa shape index (κ3) is 2.99. The maximum Gasteiger partial charge on any atom is 0.338 e. The highest BCUT2D eigenvalue weighted by molar-refractivity contribution is 8.13. The van der Waals surface area contributed by atoms with Crippen LogP contribution >= 0.6 is 11.8 Å². The summed E-state index contributed by atoms with van der Waals surface area (Å²) in [6.45, 7) is 5.20. The van der Waals surface area contributed by atoms with Crippen LogP contribution in [0.4, 0.5) is 0 Å². The molecule has 0 aromatic rings. The van der Waals surface area contributed by atoms with Gasteiger partial charge < -0.3 is 9.47 Å². The molecule has 0 radical (unpaired) electrons. The van der Waals surface area contributed by atoms with Crippen molar-refractivity contribution in [2.24, 2.45) is 0 Å². The molecule has 1 aliphatic rings. The average Bonchev–Trinajstić information content (AvgIpc) is 2.25. The number of cyclic esters (lactones) is 1. The maximum atomic E-state index is 11.2. The van der Waals surface area contributed by atoms with Gasteiger partial charge in [-0.15, -0.1) is 0 Å². The van der Waals surface area contributed by atoms with Gasteiger partial charge in [-0.2, -0.15) is 0 Å². The minimum atomic E-state index is -0.890. The second-order valence-corrected chi connectivity index (χ2v) is 4.76. The molecule has 14 heavy (non-hydrogen) atoms. The molecule has 0 saturated carbocycles. The van der Waals surface area contributed by atoms with Crippen molar-refractivity contribution in [3.63, 3.8) is 0 Å². The molecule has 0 aromatic carbocycles. The molecule has 4 nitrogen and oxygen atoms in total. The van der Waals surface area contributed by atoms with Crippen LogP contribution in [-0.4, -0.2) is 28.7 Å². The molecule has 1 rings (SSSR count). The van der Waals surface area contributed by atoms with Gasteiger partial charge in [-0.1, -0.05) is 18.7 Å². The van der Waals surface area contributed by atoms with Gasteiger partial charge in [0.1, 0.15) is 0 Å². The number of carbonyl (C=O) groups excluding carboxylic acids is 2. The van der Waals surface area contributed by atoms with E-state index in [4.69, 9.17) is 9.47 Å². The van der Waals surface area contributed by atoms with Gasteiger partial charge in [-0.05, 0) is 5.75 Å². The van der Waals surface area contributed by atoms with Crippen molar-refractivity contribution in [3.05, 3.63) is 0 Å². The Kier molecular flexibility index (Phi) is 3.55. The number of ether oxygens (including phenoxy) is 2. The predicted octanol–water partition coefficient (Wildman–Crippen LogP) is 1.33. The number of thioether (sulfide) groups is 1. The van der Waals surface area contributed by atoms with E-state index in [0.717, 1.165) is 0 Å². The predicted molar refractivity (Wildman–Crippen MR) is 52.8 cm³/mol. The first-order valence-electron chi connectivity index (χ1n) is 4.51. The monoisotopic (exact) mass is 218 g/mol. The Morgan fingerprint density at radius 1 is 1.57 bits per heavy atom. The zero-order valence-corrected chi connectivity index (χ0v) is 9.35. The van der Waals surface area contributed by atoms with Crippen molar-refractivity contribution in [1.29, 1.82) is 0 Å². The van der Waals surface area contributed by atoms with Gasteiger partial charge in [0.2, 0.25) is 5.79 Å². The lowest BCUT2D eigenvalue weighted by Gasteiger charge is -2.14. The van der Waals surface area contributed by atoms with Crippen LogP contribution in [0.2, 0.25) is 0 Å². The summed E-state index contributed by atoms with van der Waals surface area (Å²) in [4.78, 5) is 22.5. The van der Waals surface area contributed by atoms with Gasteiger partial charge in [0.25, 0.3) is 0 Å². The second-order valence-electron chi connectivity index (χ2n) is 3.44. The lowest BCUT2D eigenvalue weighted by molar-refractivity contribution is -0.160. The fourth-order valence-electron chi connectivity index (χ4n) is 1.22. The highest BCUT2D eigenvalue weighted by atomic mass is 32.2. The van der Waals surface area contributed by atoms with Gasteiger partial charge in [0.05, 0.1) is 6.42 Å². The van der Waals surface area contributed by atoms with Crippen molar-refractivity contribution in [3.8, 4) is 0 Å². The van der Waals surface area contributed by atoms with E-state index in [1.165, 1.54) is 11.8 Å². The summed E-state index contributed by atoms with van der Waals surface area (Å²) >= 11 is 1.19. The molecule has 5 heteroatoms. The van der Waals surface area contributed by atoms with Crippen LogP contribution in [0.3, 0.4) is 0 Å². The fraction of sp³-hybridized carbons (Fsp3) is 0.778. The zero-order valence-electron chi connectivity index (χ0n) is 8.53. The molecule has 0 N–H and O–H groups in total. The SMILES string of the molecule is CCSC(=O)C[C@H]1OC(C)(C)OC1=O. The standard InChI is InChI=1S/C9H14O4S/c1-4-14-7(10)5-6-8(11)13-9(2,3)12-6/h6H,4-5H2,1-3H3/t6-/m1/s1. The highest BCUT2D eigenvalue weighted by Crippen LogP contribution is 2.26. The second kappa shape index (κ2) is 4.31. The highest BCUT2D eigenvalue weighted by Gasteiger charge is 2.41. The summed E-state index contributed by atoms with van der Waals surface area (Å²) in [5.41, 5.74) is 0. The number of rotatable bonds is 3. The molecule has 1 aliphatic heterocycles. The maximum absolute atomic E-state index is 11.2. The molecular weight excluding hydrogens is 204 g/mol. The van der Waals surface area contributed by atoms with E-state index in [1.54, 1.807) is 13.8 Å². The summed E-state index contributed by atoms with van der Waals surface area (Å²) in [6, 6.07) is 0. The molecule has 0 spiro atoms. The molecule has 1 atom stereocenters. The van der Waals surface area contributed by atoms with Gasteiger partial charge in [0.15, 0.2) is 11.2 Å². The minimum absolute atomic E-state index is 0.0350. The van der Waals surface area contributed by atoms with E-state index >= 15 is 0 Å². The molecule has 0 aromatic heterocycles. The Morgan fingerprint density at radius 3 is 2.64 bits per heavy atom. The molecule has 0 unspecified atom stereocenters. The molecule has 80 valence electrons. The summed E-state index contributed by atoms with van der Waals surface area (Å²) in [5, 5.41) is -0.0350. The van der Waals surface area contributed by atoms with Crippen molar-refractivity contribution < 1.29 is 19.1 Å². The Morgan fingerprint density at radius 2 is 2.21 bits per heavy atom. The Balaban J connectivity index is 2.47. The van der Waals surface area contributed by atoms with Crippen LogP contribution in [0, 0.1) is 0 Å². The molecule has 1 heterocycles. The number of hydrogen-bond acceptors (Lipinski definition) is 5.